The van der Waals surface area contributed by atoms with Gasteiger partial charge in [-0.05, 0) is 49.1 Å². The summed E-state index contributed by atoms with van der Waals surface area (Å²) in [6.07, 6.45) is -2.35. The normalized spacial score (nSPS) is 17.7. The first-order chi connectivity index (χ1) is 14.8. The summed E-state index contributed by atoms with van der Waals surface area (Å²) < 4.78 is 55.0. The molecule has 3 heterocycles. The number of alkyl halides is 3. The largest absolute Gasteiger partial charge is 0.433 e. The predicted molar refractivity (Wildman–Crippen MR) is 104 cm³/mol. The Morgan fingerprint density at radius 2 is 1.90 bits per heavy atom. The first-order valence-electron chi connectivity index (χ1n) is 9.90. The topological polar surface area (TPSA) is 70.7 Å². The zero-order valence-electron chi connectivity index (χ0n) is 16.4. The Bertz CT molecular complexity index is 1100. The van der Waals surface area contributed by atoms with Crippen LogP contribution in [-0.2, 0) is 6.18 Å². The molecule has 4 rings (SSSR count). The number of halogens is 4. The summed E-state index contributed by atoms with van der Waals surface area (Å²) in [6, 6.07) is 7.00. The molecular formula is C21H20F4N4O2. The number of aliphatic hydroxyl groups is 1. The fourth-order valence-corrected chi connectivity index (χ4v) is 3.77. The second kappa shape index (κ2) is 8.26. The van der Waals surface area contributed by atoms with E-state index in [0.717, 1.165) is 37.5 Å². The molecule has 1 fully saturated rings. The molecule has 0 radical (unpaired) electrons. The summed E-state index contributed by atoms with van der Waals surface area (Å²) >= 11 is 0. The number of hydrogen-bond donors (Lipinski definition) is 1. The van der Waals surface area contributed by atoms with E-state index in [1.807, 2.05) is 0 Å². The van der Waals surface area contributed by atoms with Crippen molar-refractivity contribution in [2.75, 3.05) is 19.7 Å². The maximum atomic E-state index is 13.7. The molecule has 0 aliphatic carbocycles. The standard InChI is InChI=1S/C21H20F4N4O2/c22-15-6-4-14(5-7-15)16-9-18(21(23,24)25)29-19(26-16)10-17(27-29)20(31)28-8-2-1-3-13(11-28)12-30/h4-7,9-10,13,30H,1-3,8,11-12H2. The van der Waals surface area contributed by atoms with Gasteiger partial charge >= 0.3 is 6.18 Å². The van der Waals surface area contributed by atoms with Gasteiger partial charge in [0.05, 0.1) is 5.69 Å². The Hall–Kier alpha value is -3.01. The summed E-state index contributed by atoms with van der Waals surface area (Å²) in [4.78, 5) is 18.7. The van der Waals surface area contributed by atoms with Crippen molar-refractivity contribution in [3.8, 4) is 11.3 Å². The van der Waals surface area contributed by atoms with Crippen molar-refractivity contribution in [1.82, 2.24) is 19.5 Å². The molecule has 0 bridgehead atoms. The van der Waals surface area contributed by atoms with Crippen LogP contribution < -0.4 is 0 Å². The van der Waals surface area contributed by atoms with E-state index in [-0.39, 0.29) is 29.6 Å². The van der Waals surface area contributed by atoms with Crippen LogP contribution in [0.25, 0.3) is 16.9 Å². The lowest BCUT2D eigenvalue weighted by molar-refractivity contribution is -0.142. The van der Waals surface area contributed by atoms with E-state index in [4.69, 9.17) is 0 Å². The fraction of sp³-hybridized carbons (Fsp3) is 0.381. The molecular weight excluding hydrogens is 416 g/mol. The van der Waals surface area contributed by atoms with Crippen molar-refractivity contribution in [2.24, 2.45) is 5.92 Å². The summed E-state index contributed by atoms with van der Waals surface area (Å²) in [5.41, 5.74) is -1.06. The minimum Gasteiger partial charge on any atom is -0.396 e. The summed E-state index contributed by atoms with van der Waals surface area (Å²) in [6.45, 7) is 0.711. The van der Waals surface area contributed by atoms with Gasteiger partial charge in [-0.3, -0.25) is 4.79 Å². The van der Waals surface area contributed by atoms with Crippen molar-refractivity contribution in [1.29, 1.82) is 0 Å². The van der Waals surface area contributed by atoms with Gasteiger partial charge in [-0.2, -0.15) is 18.3 Å². The highest BCUT2D eigenvalue weighted by Crippen LogP contribution is 2.32. The third-order valence-electron chi connectivity index (χ3n) is 5.39. The maximum Gasteiger partial charge on any atom is 0.433 e. The number of carbonyl (C=O) groups excluding carboxylic acids is 1. The van der Waals surface area contributed by atoms with Crippen LogP contribution in [0.4, 0.5) is 17.6 Å². The minimum absolute atomic E-state index is 0.00570. The molecule has 2 aromatic heterocycles. The zero-order valence-corrected chi connectivity index (χ0v) is 16.4. The molecule has 164 valence electrons. The number of fused-ring (bicyclic) bond motifs is 1. The number of rotatable bonds is 3. The Morgan fingerprint density at radius 3 is 2.58 bits per heavy atom. The zero-order chi connectivity index (χ0) is 22.2. The summed E-state index contributed by atoms with van der Waals surface area (Å²) in [7, 11) is 0. The van der Waals surface area contributed by atoms with Crippen LogP contribution in [0.2, 0.25) is 0 Å². The average molecular weight is 436 g/mol. The van der Waals surface area contributed by atoms with Gasteiger partial charge in [-0.1, -0.05) is 6.42 Å². The third kappa shape index (κ3) is 4.39. The Labute approximate surface area is 175 Å². The molecule has 1 N–H and O–H groups in total. The summed E-state index contributed by atoms with van der Waals surface area (Å²) in [5.74, 6) is -1.09. The molecule has 0 spiro atoms. The number of benzene rings is 1. The van der Waals surface area contributed by atoms with Crippen LogP contribution in [0, 0.1) is 11.7 Å². The van der Waals surface area contributed by atoms with Crippen molar-refractivity contribution in [3.05, 3.63) is 53.6 Å². The first kappa shape index (κ1) is 21.2. The van der Waals surface area contributed by atoms with Crippen LogP contribution in [0.15, 0.2) is 36.4 Å². The number of aliphatic hydroxyl groups excluding tert-OH is 1. The van der Waals surface area contributed by atoms with Gasteiger partial charge in [0.1, 0.15) is 5.82 Å². The molecule has 0 saturated carbocycles. The van der Waals surface area contributed by atoms with Crippen molar-refractivity contribution < 1.29 is 27.5 Å². The molecule has 1 aliphatic heterocycles. The molecule has 1 aliphatic rings. The van der Waals surface area contributed by atoms with Gasteiger partial charge in [-0.25, -0.2) is 13.9 Å². The van der Waals surface area contributed by atoms with E-state index < -0.39 is 23.6 Å². The lowest BCUT2D eigenvalue weighted by atomic mass is 10.1. The number of hydrogen-bond acceptors (Lipinski definition) is 4. The monoisotopic (exact) mass is 436 g/mol. The molecule has 1 amide bonds. The van der Waals surface area contributed by atoms with Crippen LogP contribution in [0.3, 0.4) is 0 Å². The van der Waals surface area contributed by atoms with Crippen LogP contribution >= 0.6 is 0 Å². The number of likely N-dealkylation sites (tertiary alicyclic amines) is 1. The molecule has 31 heavy (non-hydrogen) atoms. The Kier molecular flexibility index (Phi) is 5.65. The third-order valence-corrected chi connectivity index (χ3v) is 5.39. The van der Waals surface area contributed by atoms with Gasteiger partial charge in [0.25, 0.3) is 5.91 Å². The van der Waals surface area contributed by atoms with E-state index in [9.17, 15) is 27.5 Å². The van der Waals surface area contributed by atoms with Gasteiger partial charge in [0.2, 0.25) is 0 Å². The van der Waals surface area contributed by atoms with Crippen molar-refractivity contribution >= 4 is 11.6 Å². The van der Waals surface area contributed by atoms with Gasteiger partial charge in [0, 0.05) is 31.3 Å². The minimum atomic E-state index is -4.74. The highest BCUT2D eigenvalue weighted by molar-refractivity contribution is 5.93. The smallest absolute Gasteiger partial charge is 0.396 e. The number of nitrogens with zero attached hydrogens (tertiary/aromatic N) is 4. The van der Waals surface area contributed by atoms with E-state index in [1.165, 1.54) is 23.1 Å². The second-order valence-electron chi connectivity index (χ2n) is 7.63. The lowest BCUT2D eigenvalue weighted by Gasteiger charge is -2.22. The molecule has 1 aromatic carbocycles. The van der Waals surface area contributed by atoms with Gasteiger partial charge in [0.15, 0.2) is 17.0 Å². The predicted octanol–water partition coefficient (Wildman–Crippen LogP) is 3.79. The molecule has 3 aromatic rings. The Morgan fingerprint density at radius 1 is 1.16 bits per heavy atom. The first-order valence-corrected chi connectivity index (χ1v) is 9.90. The molecule has 1 unspecified atom stereocenters. The number of aromatic nitrogens is 3. The second-order valence-corrected chi connectivity index (χ2v) is 7.63. The highest BCUT2D eigenvalue weighted by Gasteiger charge is 2.36. The quantitative estimate of drug-likeness (QED) is 0.635. The fourth-order valence-electron chi connectivity index (χ4n) is 3.77. The van der Waals surface area contributed by atoms with Crippen LogP contribution in [0.1, 0.15) is 35.4 Å². The van der Waals surface area contributed by atoms with E-state index in [2.05, 4.69) is 10.1 Å². The molecule has 1 atom stereocenters. The SMILES string of the molecule is O=C(c1cc2nc(-c3ccc(F)cc3)cc(C(F)(F)F)n2n1)N1CCCCC(CO)C1. The van der Waals surface area contributed by atoms with Crippen molar-refractivity contribution in [3.63, 3.8) is 0 Å². The lowest BCUT2D eigenvalue weighted by Crippen LogP contribution is -2.35. The highest BCUT2D eigenvalue weighted by atomic mass is 19.4. The van der Waals surface area contributed by atoms with E-state index in [1.54, 1.807) is 0 Å². The van der Waals surface area contributed by atoms with E-state index >= 15 is 0 Å². The number of amides is 1. The number of carbonyl (C=O) groups is 1. The summed E-state index contributed by atoms with van der Waals surface area (Å²) in [5, 5.41) is 13.4. The molecule has 1 saturated heterocycles. The average Bonchev–Trinajstić information content (AvgIpc) is 3.02. The van der Waals surface area contributed by atoms with Crippen LogP contribution in [-0.4, -0.2) is 50.2 Å². The van der Waals surface area contributed by atoms with Gasteiger partial charge < -0.3 is 10.0 Å². The van der Waals surface area contributed by atoms with Crippen molar-refractivity contribution in [2.45, 2.75) is 25.4 Å². The van der Waals surface area contributed by atoms with E-state index in [0.29, 0.717) is 23.2 Å². The Balaban J connectivity index is 1.76. The van der Waals surface area contributed by atoms with Crippen LogP contribution in [0.5, 0.6) is 0 Å². The van der Waals surface area contributed by atoms with Gasteiger partial charge in [-0.15, -0.1) is 0 Å². The molecule has 6 nitrogen and oxygen atoms in total. The molecule has 10 heteroatoms. The maximum absolute atomic E-state index is 13.7.